The van der Waals surface area contributed by atoms with Crippen molar-refractivity contribution in [2.45, 2.75) is 18.9 Å². The quantitative estimate of drug-likeness (QED) is 0.355. The summed E-state index contributed by atoms with van der Waals surface area (Å²) in [7, 11) is 2.05. The van der Waals surface area contributed by atoms with Gasteiger partial charge in [0.1, 0.15) is 5.75 Å². The Morgan fingerprint density at radius 3 is 2.56 bits per heavy atom. The molecule has 39 heavy (non-hydrogen) atoms. The first-order chi connectivity index (χ1) is 18.9. The number of carbonyl (C=O) groups is 2. The van der Waals surface area contributed by atoms with E-state index in [0.29, 0.717) is 41.3 Å². The van der Waals surface area contributed by atoms with Gasteiger partial charge in [-0.1, -0.05) is 0 Å². The lowest BCUT2D eigenvalue weighted by atomic mass is 10.2. The highest BCUT2D eigenvalue weighted by Crippen LogP contribution is 2.39. The van der Waals surface area contributed by atoms with Gasteiger partial charge in [-0.25, -0.2) is 9.18 Å². The van der Waals surface area contributed by atoms with E-state index in [9.17, 15) is 14.0 Å². The van der Waals surface area contributed by atoms with Crippen LogP contribution in [-0.2, 0) is 0 Å². The zero-order valence-corrected chi connectivity index (χ0v) is 22.1. The number of hydrogen-bond acceptors (Lipinski definition) is 7. The van der Waals surface area contributed by atoms with Gasteiger partial charge in [-0.3, -0.25) is 14.8 Å². The fourth-order valence-electron chi connectivity index (χ4n) is 4.34. The van der Waals surface area contributed by atoms with E-state index in [1.165, 1.54) is 23.5 Å². The van der Waals surface area contributed by atoms with E-state index in [1.54, 1.807) is 30.6 Å². The minimum Gasteiger partial charge on any atom is -0.453 e. The maximum atomic E-state index is 14.8. The fourth-order valence-corrected chi connectivity index (χ4v) is 5.38. The van der Waals surface area contributed by atoms with Crippen LogP contribution < -0.4 is 15.4 Å². The number of anilines is 1. The standard InChI is InChI=1S/C28H27FN6O3S/c1-34-10-12-35(13-11-34)27(36)17-2-6-21(31-16-17)25-15-22-26(39-25)24(8-9-30-22)38-23-7-5-19(14-20(23)29)33-28(37)32-18-3-4-18/h2,5-9,14-16,18H,3-4,10-13H2,1H3,(H2,32,33,37). The minimum absolute atomic E-state index is 0.0115. The Hall–Kier alpha value is -4.09. The predicted molar refractivity (Wildman–Crippen MR) is 148 cm³/mol. The zero-order chi connectivity index (χ0) is 26.9. The first kappa shape index (κ1) is 25.2. The number of ether oxygens (including phenoxy) is 1. The van der Waals surface area contributed by atoms with Crippen LogP contribution in [0.1, 0.15) is 23.2 Å². The van der Waals surface area contributed by atoms with E-state index in [2.05, 4.69) is 32.5 Å². The number of nitrogens with one attached hydrogen (secondary N) is 2. The molecule has 0 spiro atoms. The number of thiophene rings is 1. The number of pyridine rings is 2. The average molecular weight is 547 g/mol. The van der Waals surface area contributed by atoms with Crippen molar-refractivity contribution in [3.05, 3.63) is 66.2 Å². The molecule has 1 saturated heterocycles. The molecule has 4 heterocycles. The van der Waals surface area contributed by atoms with Gasteiger partial charge >= 0.3 is 6.03 Å². The lowest BCUT2D eigenvalue weighted by molar-refractivity contribution is 0.0663. The highest BCUT2D eigenvalue weighted by molar-refractivity contribution is 7.22. The van der Waals surface area contributed by atoms with E-state index in [1.807, 2.05) is 17.0 Å². The molecular formula is C28H27FN6O3S. The van der Waals surface area contributed by atoms with Crippen molar-refractivity contribution in [2.24, 2.45) is 0 Å². The maximum absolute atomic E-state index is 14.8. The summed E-state index contributed by atoms with van der Waals surface area (Å²) >= 11 is 1.43. The van der Waals surface area contributed by atoms with Gasteiger partial charge in [0.25, 0.3) is 5.91 Å². The molecule has 1 saturated carbocycles. The number of aromatic nitrogens is 2. The molecule has 1 aromatic carbocycles. The van der Waals surface area contributed by atoms with E-state index >= 15 is 0 Å². The molecule has 2 aliphatic rings. The highest BCUT2D eigenvalue weighted by Gasteiger charge is 2.24. The molecule has 0 unspecified atom stereocenters. The van der Waals surface area contributed by atoms with Crippen LogP contribution in [0.25, 0.3) is 20.8 Å². The van der Waals surface area contributed by atoms with E-state index in [4.69, 9.17) is 4.74 Å². The molecule has 9 nitrogen and oxygen atoms in total. The molecular weight excluding hydrogens is 519 g/mol. The molecule has 0 atom stereocenters. The SMILES string of the molecule is CN1CCN(C(=O)c2ccc(-c3cc4nccc(Oc5ccc(NC(=O)NC6CC6)cc5F)c4s3)nc2)CC1. The lowest BCUT2D eigenvalue weighted by Gasteiger charge is -2.32. The average Bonchev–Trinajstić information content (AvgIpc) is 3.63. The smallest absolute Gasteiger partial charge is 0.319 e. The number of piperazine rings is 1. The number of urea groups is 1. The number of benzene rings is 1. The molecule has 1 aliphatic heterocycles. The van der Waals surface area contributed by atoms with Crippen LogP contribution in [0.2, 0.25) is 0 Å². The third-order valence-corrected chi connectivity index (χ3v) is 7.91. The van der Waals surface area contributed by atoms with Crippen LogP contribution in [0.3, 0.4) is 0 Å². The zero-order valence-electron chi connectivity index (χ0n) is 21.3. The maximum Gasteiger partial charge on any atom is 0.319 e. The Labute approximate surface area is 228 Å². The lowest BCUT2D eigenvalue weighted by Crippen LogP contribution is -2.47. The number of carbonyl (C=O) groups excluding carboxylic acids is 2. The summed E-state index contributed by atoms with van der Waals surface area (Å²) in [5, 5.41) is 5.44. The van der Waals surface area contributed by atoms with Crippen LogP contribution in [0.4, 0.5) is 14.9 Å². The number of amides is 3. The number of fused-ring (bicyclic) bond motifs is 1. The summed E-state index contributed by atoms with van der Waals surface area (Å²) in [5.74, 6) is -0.106. The third-order valence-electron chi connectivity index (χ3n) is 6.75. The Kier molecular flexibility index (Phi) is 6.84. The Bertz CT molecular complexity index is 1530. The van der Waals surface area contributed by atoms with Gasteiger partial charge in [-0.2, -0.15) is 0 Å². The van der Waals surface area contributed by atoms with Gasteiger partial charge in [-0.15, -0.1) is 11.3 Å². The Morgan fingerprint density at radius 2 is 1.85 bits per heavy atom. The van der Waals surface area contributed by atoms with E-state index < -0.39 is 5.82 Å². The van der Waals surface area contributed by atoms with Crippen molar-refractivity contribution in [2.75, 3.05) is 38.5 Å². The largest absolute Gasteiger partial charge is 0.453 e. The van der Waals surface area contributed by atoms with Crippen molar-refractivity contribution in [1.82, 2.24) is 25.1 Å². The predicted octanol–water partition coefficient (Wildman–Crippen LogP) is 4.96. The van der Waals surface area contributed by atoms with Gasteiger partial charge in [0, 0.05) is 62.4 Å². The molecule has 6 rings (SSSR count). The van der Waals surface area contributed by atoms with Crippen molar-refractivity contribution in [3.8, 4) is 22.1 Å². The number of hydrogen-bond donors (Lipinski definition) is 2. The summed E-state index contributed by atoms with van der Waals surface area (Å²) in [4.78, 5) is 38.7. The first-order valence-corrected chi connectivity index (χ1v) is 13.6. The normalized spacial score (nSPS) is 15.8. The van der Waals surface area contributed by atoms with Gasteiger partial charge in [0.05, 0.1) is 26.4 Å². The molecule has 0 radical (unpaired) electrons. The molecule has 2 fully saturated rings. The molecule has 200 valence electrons. The van der Waals surface area contributed by atoms with Gasteiger partial charge in [-0.05, 0) is 50.2 Å². The Balaban J connectivity index is 1.17. The van der Waals surface area contributed by atoms with Gasteiger partial charge in [0.15, 0.2) is 11.6 Å². The number of nitrogens with zero attached hydrogens (tertiary/aromatic N) is 4. The monoisotopic (exact) mass is 546 g/mol. The molecule has 2 N–H and O–H groups in total. The second-order valence-electron chi connectivity index (χ2n) is 9.78. The number of likely N-dealkylation sites (N-methyl/N-ethyl adjacent to an activating group) is 1. The Morgan fingerprint density at radius 1 is 1.03 bits per heavy atom. The van der Waals surface area contributed by atoms with Gasteiger partial charge in [0.2, 0.25) is 0 Å². The fraction of sp³-hybridized carbons (Fsp3) is 0.286. The highest BCUT2D eigenvalue weighted by atomic mass is 32.1. The van der Waals surface area contributed by atoms with Crippen LogP contribution in [0, 0.1) is 5.82 Å². The first-order valence-electron chi connectivity index (χ1n) is 12.8. The summed E-state index contributed by atoms with van der Waals surface area (Å²) in [5.41, 5.74) is 2.31. The van der Waals surface area contributed by atoms with E-state index in [-0.39, 0.29) is 23.7 Å². The van der Waals surface area contributed by atoms with Crippen molar-refractivity contribution in [1.29, 1.82) is 0 Å². The summed E-state index contributed by atoms with van der Waals surface area (Å²) in [6.07, 6.45) is 5.16. The molecule has 3 aromatic heterocycles. The molecule has 0 bridgehead atoms. The van der Waals surface area contributed by atoms with Crippen LogP contribution in [-0.4, -0.2) is 71.0 Å². The van der Waals surface area contributed by atoms with Crippen molar-refractivity contribution < 1.29 is 18.7 Å². The van der Waals surface area contributed by atoms with Crippen LogP contribution in [0.15, 0.2) is 54.9 Å². The molecule has 1 aliphatic carbocycles. The number of halogens is 1. The van der Waals surface area contributed by atoms with Gasteiger partial charge < -0.3 is 25.2 Å². The minimum atomic E-state index is -0.594. The van der Waals surface area contributed by atoms with E-state index in [0.717, 1.165) is 35.5 Å². The van der Waals surface area contributed by atoms with Crippen molar-refractivity contribution >= 4 is 39.2 Å². The van der Waals surface area contributed by atoms with Crippen LogP contribution >= 0.6 is 11.3 Å². The molecule has 11 heteroatoms. The second kappa shape index (κ2) is 10.6. The number of rotatable bonds is 6. The summed E-state index contributed by atoms with van der Waals surface area (Å²) < 4.78 is 21.5. The summed E-state index contributed by atoms with van der Waals surface area (Å²) in [6, 6.07) is 11.4. The topological polar surface area (TPSA) is 99.7 Å². The molecule has 4 aromatic rings. The molecule has 3 amide bonds. The second-order valence-corrected chi connectivity index (χ2v) is 10.8. The third kappa shape index (κ3) is 5.69. The van der Waals surface area contributed by atoms with Crippen LogP contribution in [0.5, 0.6) is 11.5 Å². The summed E-state index contributed by atoms with van der Waals surface area (Å²) in [6.45, 7) is 3.13. The van der Waals surface area contributed by atoms with Crippen molar-refractivity contribution in [3.63, 3.8) is 0 Å².